The standard InChI is InChI=1S/C10H13ClO2S/c1-8-2-4-10(5-3-8)14(13)7-9(12)6-11/h2-5,9,12H,6-7H2,1H3/t9-,14?/m0/s1. The Hall–Kier alpha value is -0.380. The fourth-order valence-electron chi connectivity index (χ4n) is 1.01. The van der Waals surface area contributed by atoms with Gasteiger partial charge in [0.15, 0.2) is 0 Å². The summed E-state index contributed by atoms with van der Waals surface area (Å²) in [4.78, 5) is 0.736. The van der Waals surface area contributed by atoms with Crippen LogP contribution in [-0.4, -0.2) is 27.1 Å². The van der Waals surface area contributed by atoms with Crippen molar-refractivity contribution in [3.63, 3.8) is 0 Å². The van der Waals surface area contributed by atoms with Gasteiger partial charge in [0.25, 0.3) is 0 Å². The van der Waals surface area contributed by atoms with Crippen LogP contribution in [0.3, 0.4) is 0 Å². The maximum atomic E-state index is 11.6. The molecule has 2 nitrogen and oxygen atoms in total. The molecular weight excluding hydrogens is 220 g/mol. The van der Waals surface area contributed by atoms with Gasteiger partial charge in [-0.2, -0.15) is 0 Å². The number of halogens is 1. The molecule has 1 N–H and O–H groups in total. The monoisotopic (exact) mass is 232 g/mol. The Bertz CT molecular complexity index is 310. The van der Waals surface area contributed by atoms with Crippen molar-refractivity contribution in [1.29, 1.82) is 0 Å². The molecule has 0 saturated carbocycles. The topological polar surface area (TPSA) is 37.3 Å². The molecule has 1 aromatic carbocycles. The van der Waals surface area contributed by atoms with Crippen LogP contribution in [-0.2, 0) is 10.8 Å². The summed E-state index contributed by atoms with van der Waals surface area (Å²) >= 11 is 5.42. The smallest absolute Gasteiger partial charge is 0.0794 e. The summed E-state index contributed by atoms with van der Waals surface area (Å²) in [6.07, 6.45) is -0.696. The third kappa shape index (κ3) is 3.40. The molecule has 0 spiro atoms. The Morgan fingerprint density at radius 1 is 1.43 bits per heavy atom. The van der Waals surface area contributed by atoms with Gasteiger partial charge in [0, 0.05) is 10.8 Å². The molecule has 0 heterocycles. The van der Waals surface area contributed by atoms with E-state index in [-0.39, 0.29) is 11.6 Å². The van der Waals surface area contributed by atoms with Crippen LogP contribution in [0.4, 0.5) is 0 Å². The molecular formula is C10H13ClO2S. The van der Waals surface area contributed by atoms with E-state index in [0.717, 1.165) is 10.5 Å². The van der Waals surface area contributed by atoms with Crippen LogP contribution < -0.4 is 0 Å². The van der Waals surface area contributed by atoms with Crippen molar-refractivity contribution in [3.05, 3.63) is 29.8 Å². The van der Waals surface area contributed by atoms with Crippen molar-refractivity contribution in [3.8, 4) is 0 Å². The highest BCUT2D eigenvalue weighted by Crippen LogP contribution is 2.09. The fraction of sp³-hybridized carbons (Fsp3) is 0.400. The minimum atomic E-state index is -1.16. The van der Waals surface area contributed by atoms with E-state index in [1.54, 1.807) is 0 Å². The first-order valence-electron chi connectivity index (χ1n) is 4.32. The molecule has 78 valence electrons. The Balaban J connectivity index is 2.65. The lowest BCUT2D eigenvalue weighted by molar-refractivity contribution is 0.222. The van der Waals surface area contributed by atoms with Gasteiger partial charge in [0.05, 0.1) is 22.7 Å². The van der Waals surface area contributed by atoms with Crippen molar-refractivity contribution in [2.75, 3.05) is 11.6 Å². The van der Waals surface area contributed by atoms with Gasteiger partial charge < -0.3 is 5.11 Å². The van der Waals surface area contributed by atoms with Crippen LogP contribution in [0, 0.1) is 6.92 Å². The number of hydrogen-bond acceptors (Lipinski definition) is 2. The number of aliphatic hydroxyl groups excluding tert-OH is 1. The fourth-order valence-corrected chi connectivity index (χ4v) is 2.34. The highest BCUT2D eigenvalue weighted by Gasteiger charge is 2.09. The van der Waals surface area contributed by atoms with Crippen LogP contribution in [0.1, 0.15) is 5.56 Å². The Labute approximate surface area is 91.4 Å². The summed E-state index contributed by atoms with van der Waals surface area (Å²) in [5.74, 6) is 0.324. The molecule has 0 aromatic heterocycles. The Kier molecular flexibility index (Phi) is 4.58. The third-order valence-electron chi connectivity index (χ3n) is 1.81. The average molecular weight is 233 g/mol. The molecule has 1 rings (SSSR count). The molecule has 0 saturated heterocycles. The van der Waals surface area contributed by atoms with Crippen LogP contribution in [0.5, 0.6) is 0 Å². The van der Waals surface area contributed by atoms with E-state index in [4.69, 9.17) is 11.6 Å². The highest BCUT2D eigenvalue weighted by atomic mass is 35.5. The third-order valence-corrected chi connectivity index (χ3v) is 3.65. The first-order chi connectivity index (χ1) is 6.63. The van der Waals surface area contributed by atoms with Crippen LogP contribution in [0.2, 0.25) is 0 Å². The van der Waals surface area contributed by atoms with Gasteiger partial charge in [-0.3, -0.25) is 4.21 Å². The maximum absolute atomic E-state index is 11.6. The molecule has 0 bridgehead atoms. The molecule has 0 aliphatic heterocycles. The lowest BCUT2D eigenvalue weighted by Gasteiger charge is -2.06. The lowest BCUT2D eigenvalue weighted by atomic mass is 10.2. The zero-order valence-electron chi connectivity index (χ0n) is 7.94. The van der Waals surface area contributed by atoms with E-state index in [1.807, 2.05) is 31.2 Å². The van der Waals surface area contributed by atoms with Gasteiger partial charge in [-0.25, -0.2) is 0 Å². The minimum Gasteiger partial charge on any atom is -0.391 e. The van der Waals surface area contributed by atoms with Gasteiger partial charge >= 0.3 is 0 Å². The van der Waals surface area contributed by atoms with Crippen LogP contribution >= 0.6 is 11.6 Å². The van der Waals surface area contributed by atoms with E-state index in [9.17, 15) is 9.32 Å². The number of hydrogen-bond donors (Lipinski definition) is 1. The van der Waals surface area contributed by atoms with Crippen molar-refractivity contribution < 1.29 is 9.32 Å². The zero-order chi connectivity index (χ0) is 10.6. The summed E-state index contributed by atoms with van der Waals surface area (Å²) in [5, 5.41) is 9.22. The van der Waals surface area contributed by atoms with Gasteiger partial charge in [0.1, 0.15) is 0 Å². The quantitative estimate of drug-likeness (QED) is 0.803. The van der Waals surface area contributed by atoms with Gasteiger partial charge in [-0.15, -0.1) is 11.6 Å². The second-order valence-corrected chi connectivity index (χ2v) is 4.94. The molecule has 1 aromatic rings. The second kappa shape index (κ2) is 5.49. The maximum Gasteiger partial charge on any atom is 0.0794 e. The van der Waals surface area contributed by atoms with Crippen molar-refractivity contribution >= 4 is 22.4 Å². The van der Waals surface area contributed by atoms with E-state index in [0.29, 0.717) is 0 Å². The summed E-state index contributed by atoms with van der Waals surface area (Å²) in [5.41, 5.74) is 1.13. The molecule has 1 unspecified atom stereocenters. The van der Waals surface area contributed by atoms with E-state index in [2.05, 4.69) is 0 Å². The first-order valence-corrected chi connectivity index (χ1v) is 6.18. The number of aliphatic hydroxyl groups is 1. The summed E-state index contributed by atoms with van der Waals surface area (Å²) in [6.45, 7) is 1.97. The van der Waals surface area contributed by atoms with E-state index < -0.39 is 16.9 Å². The summed E-state index contributed by atoms with van der Waals surface area (Å²) < 4.78 is 11.6. The number of alkyl halides is 1. The first kappa shape index (κ1) is 11.7. The molecule has 4 heteroatoms. The molecule has 0 aliphatic carbocycles. The Morgan fingerprint density at radius 2 is 2.00 bits per heavy atom. The molecule has 0 aliphatic rings. The SMILES string of the molecule is Cc1ccc(S(=O)C[C@@H](O)CCl)cc1. The van der Waals surface area contributed by atoms with Gasteiger partial charge in [-0.1, -0.05) is 17.7 Å². The average Bonchev–Trinajstić information content (AvgIpc) is 2.18. The van der Waals surface area contributed by atoms with Crippen molar-refractivity contribution in [2.45, 2.75) is 17.9 Å². The molecule has 0 fully saturated rings. The minimum absolute atomic E-state index is 0.123. The molecule has 0 radical (unpaired) electrons. The lowest BCUT2D eigenvalue weighted by Crippen LogP contribution is -2.18. The predicted molar refractivity (Wildman–Crippen MR) is 59.2 cm³/mol. The van der Waals surface area contributed by atoms with Crippen molar-refractivity contribution in [1.82, 2.24) is 0 Å². The zero-order valence-corrected chi connectivity index (χ0v) is 9.52. The van der Waals surface area contributed by atoms with E-state index >= 15 is 0 Å². The van der Waals surface area contributed by atoms with E-state index in [1.165, 1.54) is 0 Å². The second-order valence-electron chi connectivity index (χ2n) is 3.13. The Morgan fingerprint density at radius 3 is 2.50 bits per heavy atom. The summed E-state index contributed by atoms with van der Waals surface area (Å²) in [6, 6.07) is 7.43. The predicted octanol–water partition coefficient (Wildman–Crippen LogP) is 1.70. The highest BCUT2D eigenvalue weighted by molar-refractivity contribution is 7.85. The van der Waals surface area contributed by atoms with Crippen LogP contribution in [0.25, 0.3) is 0 Å². The number of benzene rings is 1. The normalized spacial score (nSPS) is 15.1. The summed E-state index contributed by atoms with van der Waals surface area (Å²) in [7, 11) is -1.16. The molecule has 14 heavy (non-hydrogen) atoms. The van der Waals surface area contributed by atoms with Gasteiger partial charge in [0.2, 0.25) is 0 Å². The van der Waals surface area contributed by atoms with Crippen LogP contribution in [0.15, 0.2) is 29.2 Å². The largest absolute Gasteiger partial charge is 0.391 e. The molecule has 2 atom stereocenters. The van der Waals surface area contributed by atoms with Gasteiger partial charge in [-0.05, 0) is 19.1 Å². The number of rotatable bonds is 4. The molecule has 0 amide bonds. The number of aryl methyl sites for hydroxylation is 1. The van der Waals surface area contributed by atoms with Crippen molar-refractivity contribution in [2.24, 2.45) is 0 Å².